The molecule has 1 aliphatic rings. The highest BCUT2D eigenvalue weighted by Gasteiger charge is 2.49. The van der Waals surface area contributed by atoms with Crippen molar-refractivity contribution in [1.82, 2.24) is 10.3 Å². The lowest BCUT2D eigenvalue weighted by Gasteiger charge is -2.51. The van der Waals surface area contributed by atoms with Crippen LogP contribution < -0.4 is 5.32 Å². The topological polar surface area (TPSA) is 54.1 Å². The first-order valence-corrected chi connectivity index (χ1v) is 6.94. The average molecular weight is 272 g/mol. The highest BCUT2D eigenvalue weighted by atomic mass is 16.5. The van der Waals surface area contributed by atoms with Crippen LogP contribution in [-0.2, 0) is 4.74 Å². The summed E-state index contributed by atoms with van der Waals surface area (Å²) < 4.78 is 5.42. The molecule has 0 spiro atoms. The van der Waals surface area contributed by atoms with Crippen LogP contribution >= 0.6 is 0 Å². The number of carbonyl (C=O) groups is 1. The van der Waals surface area contributed by atoms with Crippen molar-refractivity contribution in [1.29, 1.82) is 0 Å². The molecule has 4 nitrogen and oxygen atoms in total. The second-order valence-electron chi connectivity index (χ2n) is 6.06. The van der Waals surface area contributed by atoms with Crippen molar-refractivity contribution in [2.75, 3.05) is 7.11 Å². The maximum absolute atomic E-state index is 12.4. The molecule has 1 aliphatic carbocycles. The van der Waals surface area contributed by atoms with Gasteiger partial charge in [0.25, 0.3) is 5.91 Å². The van der Waals surface area contributed by atoms with Crippen molar-refractivity contribution in [3.63, 3.8) is 0 Å². The van der Waals surface area contributed by atoms with E-state index in [1.54, 1.807) is 13.3 Å². The van der Waals surface area contributed by atoms with Crippen molar-refractivity contribution < 1.29 is 9.53 Å². The molecule has 1 fully saturated rings. The van der Waals surface area contributed by atoms with Gasteiger partial charge in [-0.05, 0) is 12.5 Å². The summed E-state index contributed by atoms with van der Waals surface area (Å²) in [6.07, 6.45) is 2.87. The fourth-order valence-electron chi connectivity index (χ4n) is 3.03. The molecular weight excluding hydrogens is 252 g/mol. The standard InChI is InChI=1S/C16H20N2O2/c1-16(2)13(8-14(16)20-3)18-15(19)11-9-17-12-7-5-4-6-10(11)12/h4-7,9,13-14,17H,8H2,1-3H3,(H,18,19). The van der Waals surface area contributed by atoms with Gasteiger partial charge in [-0.25, -0.2) is 0 Å². The molecule has 2 N–H and O–H groups in total. The fourth-order valence-corrected chi connectivity index (χ4v) is 3.03. The molecule has 1 aromatic carbocycles. The number of aromatic amines is 1. The predicted molar refractivity (Wildman–Crippen MR) is 78.7 cm³/mol. The monoisotopic (exact) mass is 272 g/mol. The van der Waals surface area contributed by atoms with Crippen molar-refractivity contribution in [2.24, 2.45) is 5.41 Å². The normalized spacial score (nSPS) is 24.4. The van der Waals surface area contributed by atoms with Crippen LogP contribution in [0.15, 0.2) is 30.5 Å². The molecule has 1 saturated carbocycles. The third kappa shape index (κ3) is 1.91. The molecule has 0 aliphatic heterocycles. The first-order valence-electron chi connectivity index (χ1n) is 6.94. The Balaban J connectivity index is 1.78. The number of H-pyrrole nitrogens is 1. The van der Waals surface area contributed by atoms with E-state index >= 15 is 0 Å². The Morgan fingerprint density at radius 2 is 2.15 bits per heavy atom. The van der Waals surface area contributed by atoms with E-state index < -0.39 is 0 Å². The number of hydrogen-bond acceptors (Lipinski definition) is 2. The third-order valence-corrected chi connectivity index (χ3v) is 4.60. The summed E-state index contributed by atoms with van der Waals surface area (Å²) in [5, 5.41) is 4.09. The van der Waals surface area contributed by atoms with Gasteiger partial charge >= 0.3 is 0 Å². The molecule has 0 radical (unpaired) electrons. The van der Waals surface area contributed by atoms with Crippen LogP contribution in [0.3, 0.4) is 0 Å². The molecule has 4 heteroatoms. The van der Waals surface area contributed by atoms with Gasteiger partial charge in [0, 0.05) is 35.7 Å². The molecule has 2 atom stereocenters. The number of aromatic nitrogens is 1. The van der Waals surface area contributed by atoms with Gasteiger partial charge in [-0.2, -0.15) is 0 Å². The van der Waals surface area contributed by atoms with E-state index in [1.165, 1.54) is 0 Å². The lowest BCUT2D eigenvalue weighted by atomic mass is 9.64. The second kappa shape index (κ2) is 4.63. The maximum atomic E-state index is 12.4. The van der Waals surface area contributed by atoms with Gasteiger partial charge in [-0.15, -0.1) is 0 Å². The molecule has 2 aromatic rings. The first-order chi connectivity index (χ1) is 9.54. The largest absolute Gasteiger partial charge is 0.381 e. The van der Waals surface area contributed by atoms with Crippen LogP contribution in [-0.4, -0.2) is 30.1 Å². The minimum absolute atomic E-state index is 0.0173. The summed E-state index contributed by atoms with van der Waals surface area (Å²) in [5.41, 5.74) is 1.67. The third-order valence-electron chi connectivity index (χ3n) is 4.60. The number of carbonyl (C=O) groups excluding carboxylic acids is 1. The van der Waals surface area contributed by atoms with Gasteiger partial charge in [-0.1, -0.05) is 32.0 Å². The van der Waals surface area contributed by atoms with E-state index in [4.69, 9.17) is 4.74 Å². The van der Waals surface area contributed by atoms with Crippen molar-refractivity contribution >= 4 is 16.8 Å². The number of hydrogen-bond donors (Lipinski definition) is 2. The van der Waals surface area contributed by atoms with Crippen LogP contribution in [0.4, 0.5) is 0 Å². The Bertz CT molecular complexity index is 645. The van der Waals surface area contributed by atoms with Crippen LogP contribution in [0, 0.1) is 5.41 Å². The van der Waals surface area contributed by atoms with Crippen LogP contribution in [0.1, 0.15) is 30.6 Å². The summed E-state index contributed by atoms with van der Waals surface area (Å²) in [6.45, 7) is 4.26. The zero-order valence-electron chi connectivity index (χ0n) is 12.1. The van der Waals surface area contributed by atoms with Crippen LogP contribution in [0.25, 0.3) is 10.9 Å². The summed E-state index contributed by atoms with van der Waals surface area (Å²) in [4.78, 5) is 15.6. The highest BCUT2D eigenvalue weighted by Crippen LogP contribution is 2.42. The summed E-state index contributed by atoms with van der Waals surface area (Å²) in [6, 6.07) is 8.00. The lowest BCUT2D eigenvalue weighted by molar-refractivity contribution is -0.0942. The number of rotatable bonds is 3. The van der Waals surface area contributed by atoms with Gasteiger partial charge in [0.15, 0.2) is 0 Å². The SMILES string of the molecule is COC1CC(NC(=O)c2c[nH]c3ccccc23)C1(C)C. The molecule has 1 aromatic heterocycles. The predicted octanol–water partition coefficient (Wildman–Crippen LogP) is 2.71. The Morgan fingerprint density at radius 3 is 2.85 bits per heavy atom. The van der Waals surface area contributed by atoms with Gasteiger partial charge in [0.05, 0.1) is 11.7 Å². The maximum Gasteiger partial charge on any atom is 0.253 e. The van der Waals surface area contributed by atoms with Crippen molar-refractivity contribution in [3.05, 3.63) is 36.0 Å². The van der Waals surface area contributed by atoms with E-state index in [0.29, 0.717) is 5.56 Å². The van der Waals surface area contributed by atoms with Gasteiger partial charge in [-0.3, -0.25) is 4.79 Å². The summed E-state index contributed by atoms with van der Waals surface area (Å²) >= 11 is 0. The smallest absolute Gasteiger partial charge is 0.253 e. The Labute approximate surface area is 118 Å². The zero-order chi connectivity index (χ0) is 14.3. The van der Waals surface area contributed by atoms with E-state index in [-0.39, 0.29) is 23.5 Å². The van der Waals surface area contributed by atoms with Crippen LogP contribution in [0.2, 0.25) is 0 Å². The number of fused-ring (bicyclic) bond motifs is 1. The number of ether oxygens (including phenoxy) is 1. The lowest BCUT2D eigenvalue weighted by Crippen LogP contribution is -2.61. The number of para-hydroxylation sites is 1. The molecule has 1 amide bonds. The van der Waals surface area contributed by atoms with Gasteiger partial charge in [0.2, 0.25) is 0 Å². The number of methoxy groups -OCH3 is 1. The van der Waals surface area contributed by atoms with E-state index in [9.17, 15) is 4.79 Å². The second-order valence-corrected chi connectivity index (χ2v) is 6.06. The zero-order valence-corrected chi connectivity index (χ0v) is 12.1. The molecule has 2 unspecified atom stereocenters. The molecule has 1 heterocycles. The van der Waals surface area contributed by atoms with Gasteiger partial charge in [0.1, 0.15) is 0 Å². The van der Waals surface area contributed by atoms with E-state index in [2.05, 4.69) is 24.1 Å². The minimum atomic E-state index is -0.0184. The van der Waals surface area contributed by atoms with Crippen molar-refractivity contribution in [2.45, 2.75) is 32.4 Å². The minimum Gasteiger partial charge on any atom is -0.381 e. The highest BCUT2D eigenvalue weighted by molar-refractivity contribution is 6.06. The Kier molecular flexibility index (Phi) is 3.05. The number of benzene rings is 1. The Hall–Kier alpha value is -1.81. The number of amides is 1. The summed E-state index contributed by atoms with van der Waals surface area (Å²) in [5.74, 6) is -0.0184. The number of nitrogens with one attached hydrogen (secondary N) is 2. The van der Waals surface area contributed by atoms with E-state index in [1.807, 2.05) is 24.3 Å². The first kappa shape index (κ1) is 13.2. The fraction of sp³-hybridized carbons (Fsp3) is 0.438. The molecular formula is C16H20N2O2. The van der Waals surface area contributed by atoms with Crippen LogP contribution in [0.5, 0.6) is 0 Å². The van der Waals surface area contributed by atoms with Crippen molar-refractivity contribution in [3.8, 4) is 0 Å². The van der Waals surface area contributed by atoms with E-state index in [0.717, 1.165) is 17.3 Å². The molecule has 106 valence electrons. The average Bonchev–Trinajstić information content (AvgIpc) is 2.86. The molecule has 3 rings (SSSR count). The molecule has 0 saturated heterocycles. The molecule has 0 bridgehead atoms. The quantitative estimate of drug-likeness (QED) is 0.902. The summed E-state index contributed by atoms with van der Waals surface area (Å²) in [7, 11) is 1.73. The molecule has 20 heavy (non-hydrogen) atoms. The Morgan fingerprint density at radius 1 is 1.40 bits per heavy atom. The van der Waals surface area contributed by atoms with Gasteiger partial charge < -0.3 is 15.0 Å².